The molecule has 33 heavy (non-hydrogen) atoms. The number of nitrogens with two attached hydrogens (primary N) is 1. The van der Waals surface area contributed by atoms with Crippen molar-refractivity contribution >= 4 is 23.2 Å². The summed E-state index contributed by atoms with van der Waals surface area (Å²) in [5.41, 5.74) is 7.66. The quantitative estimate of drug-likeness (QED) is 0.431. The van der Waals surface area contributed by atoms with Gasteiger partial charge in [0.15, 0.2) is 23.8 Å². The standard InChI is InChI=1S/C24H21N5O4/c1-32-20-14-16(22-23(24(25)31)27-28-26-22)12-13-19(20)33-15-21(30)29(17-8-4-2-5-9-17)18-10-6-3-7-11-18/h2-14H,15H2,1H3,(H2,25,31)(H,26,27,28). The molecule has 0 spiro atoms. The summed E-state index contributed by atoms with van der Waals surface area (Å²) >= 11 is 0. The van der Waals surface area contributed by atoms with Crippen molar-refractivity contribution in [2.24, 2.45) is 5.73 Å². The van der Waals surface area contributed by atoms with Crippen LogP contribution < -0.4 is 20.1 Å². The number of rotatable bonds is 8. The molecule has 0 bridgehead atoms. The van der Waals surface area contributed by atoms with Gasteiger partial charge in [-0.05, 0) is 42.5 Å². The molecule has 1 aromatic heterocycles. The molecule has 0 aliphatic rings. The van der Waals surface area contributed by atoms with Gasteiger partial charge in [-0.2, -0.15) is 15.4 Å². The first-order valence-corrected chi connectivity index (χ1v) is 10.0. The van der Waals surface area contributed by atoms with Crippen molar-refractivity contribution in [2.45, 2.75) is 0 Å². The van der Waals surface area contributed by atoms with E-state index in [1.165, 1.54) is 7.11 Å². The van der Waals surface area contributed by atoms with Crippen molar-refractivity contribution in [3.8, 4) is 22.8 Å². The number of anilines is 2. The summed E-state index contributed by atoms with van der Waals surface area (Å²) in [5.74, 6) is -0.235. The van der Waals surface area contributed by atoms with Crippen LogP contribution in [0.1, 0.15) is 10.5 Å². The number of carbonyl (C=O) groups is 2. The van der Waals surface area contributed by atoms with E-state index in [2.05, 4.69) is 15.4 Å². The number of H-pyrrole nitrogens is 1. The molecule has 0 atom stereocenters. The molecule has 0 saturated heterocycles. The Hall–Kier alpha value is -4.66. The van der Waals surface area contributed by atoms with Crippen molar-refractivity contribution in [3.63, 3.8) is 0 Å². The Morgan fingerprint density at radius 2 is 1.55 bits per heavy atom. The highest BCUT2D eigenvalue weighted by Gasteiger charge is 2.20. The third-order valence-corrected chi connectivity index (χ3v) is 4.85. The summed E-state index contributed by atoms with van der Waals surface area (Å²) in [7, 11) is 1.48. The monoisotopic (exact) mass is 443 g/mol. The SMILES string of the molecule is COc1cc(-c2n[nH]nc2C(N)=O)ccc1OCC(=O)N(c1ccccc1)c1ccccc1. The Morgan fingerprint density at radius 1 is 0.909 bits per heavy atom. The Kier molecular flexibility index (Phi) is 6.31. The number of ether oxygens (including phenoxy) is 2. The molecule has 0 aliphatic heterocycles. The van der Waals surface area contributed by atoms with Gasteiger partial charge in [0.1, 0.15) is 5.69 Å². The van der Waals surface area contributed by atoms with Crippen LogP contribution in [0.25, 0.3) is 11.3 Å². The second kappa shape index (κ2) is 9.65. The van der Waals surface area contributed by atoms with E-state index in [-0.39, 0.29) is 18.2 Å². The lowest BCUT2D eigenvalue weighted by Gasteiger charge is -2.23. The predicted molar refractivity (Wildman–Crippen MR) is 122 cm³/mol. The number of aromatic amines is 1. The van der Waals surface area contributed by atoms with Gasteiger partial charge < -0.3 is 15.2 Å². The number of benzene rings is 3. The van der Waals surface area contributed by atoms with Crippen LogP contribution in [0, 0.1) is 0 Å². The number of nitrogens with one attached hydrogen (secondary N) is 1. The highest BCUT2D eigenvalue weighted by atomic mass is 16.5. The fourth-order valence-electron chi connectivity index (χ4n) is 3.33. The third kappa shape index (κ3) is 4.67. The van der Waals surface area contributed by atoms with E-state index in [4.69, 9.17) is 15.2 Å². The number of aromatic nitrogens is 3. The van der Waals surface area contributed by atoms with Crippen LogP contribution in [0.3, 0.4) is 0 Å². The zero-order valence-corrected chi connectivity index (χ0v) is 17.8. The fraction of sp³-hybridized carbons (Fsp3) is 0.0833. The summed E-state index contributed by atoms with van der Waals surface area (Å²) < 4.78 is 11.2. The molecule has 4 aromatic rings. The molecular formula is C24H21N5O4. The maximum Gasteiger partial charge on any atom is 0.271 e. The average molecular weight is 443 g/mol. The molecule has 4 rings (SSSR count). The highest BCUT2D eigenvalue weighted by molar-refractivity contribution is 6.01. The summed E-state index contributed by atoms with van der Waals surface area (Å²) in [6.45, 7) is -0.226. The van der Waals surface area contributed by atoms with E-state index in [0.717, 1.165) is 11.4 Å². The van der Waals surface area contributed by atoms with Crippen molar-refractivity contribution in [1.29, 1.82) is 0 Å². The number of nitrogens with zero attached hydrogens (tertiary/aromatic N) is 3. The van der Waals surface area contributed by atoms with Crippen LogP contribution in [0.4, 0.5) is 11.4 Å². The number of hydrogen-bond acceptors (Lipinski definition) is 6. The Bertz CT molecular complexity index is 1220. The van der Waals surface area contributed by atoms with Crippen molar-refractivity contribution in [3.05, 3.63) is 84.6 Å². The maximum atomic E-state index is 13.2. The number of para-hydroxylation sites is 2. The van der Waals surface area contributed by atoms with Crippen LogP contribution in [-0.2, 0) is 4.79 Å². The molecule has 1 heterocycles. The van der Waals surface area contributed by atoms with Gasteiger partial charge in [-0.15, -0.1) is 0 Å². The molecule has 3 N–H and O–H groups in total. The maximum absolute atomic E-state index is 13.2. The topological polar surface area (TPSA) is 123 Å². The minimum atomic E-state index is -0.703. The molecule has 166 valence electrons. The van der Waals surface area contributed by atoms with Crippen LogP contribution >= 0.6 is 0 Å². The third-order valence-electron chi connectivity index (χ3n) is 4.85. The zero-order valence-electron chi connectivity index (χ0n) is 17.8. The first-order chi connectivity index (χ1) is 16.1. The van der Waals surface area contributed by atoms with E-state index in [1.54, 1.807) is 23.1 Å². The molecule has 2 amide bonds. The van der Waals surface area contributed by atoms with E-state index in [1.807, 2.05) is 60.7 Å². The van der Waals surface area contributed by atoms with Gasteiger partial charge >= 0.3 is 0 Å². The average Bonchev–Trinajstić information content (AvgIpc) is 3.35. The normalized spacial score (nSPS) is 10.5. The summed E-state index contributed by atoms with van der Waals surface area (Å²) in [5, 5.41) is 10.1. The van der Waals surface area contributed by atoms with E-state index < -0.39 is 5.91 Å². The second-order valence-corrected chi connectivity index (χ2v) is 6.94. The Labute approximate surface area is 189 Å². The first-order valence-electron chi connectivity index (χ1n) is 10.0. The van der Waals surface area contributed by atoms with E-state index in [0.29, 0.717) is 22.8 Å². The van der Waals surface area contributed by atoms with Gasteiger partial charge in [0, 0.05) is 16.9 Å². The summed E-state index contributed by atoms with van der Waals surface area (Å²) in [6.07, 6.45) is 0. The minimum absolute atomic E-state index is 0.0160. The highest BCUT2D eigenvalue weighted by Crippen LogP contribution is 2.33. The van der Waals surface area contributed by atoms with Gasteiger partial charge in [0.2, 0.25) is 0 Å². The van der Waals surface area contributed by atoms with E-state index in [9.17, 15) is 9.59 Å². The minimum Gasteiger partial charge on any atom is -0.493 e. The van der Waals surface area contributed by atoms with Gasteiger partial charge in [-0.1, -0.05) is 36.4 Å². The smallest absolute Gasteiger partial charge is 0.271 e. The number of primary amides is 1. The molecular weight excluding hydrogens is 422 g/mol. The number of carbonyl (C=O) groups excluding carboxylic acids is 2. The van der Waals surface area contributed by atoms with Crippen LogP contribution in [0.2, 0.25) is 0 Å². The molecule has 9 heteroatoms. The van der Waals surface area contributed by atoms with Gasteiger partial charge in [-0.25, -0.2) is 0 Å². The predicted octanol–water partition coefficient (Wildman–Crippen LogP) is 3.32. The van der Waals surface area contributed by atoms with Crippen LogP contribution in [0.15, 0.2) is 78.9 Å². The molecule has 0 aliphatic carbocycles. The lowest BCUT2D eigenvalue weighted by Crippen LogP contribution is -2.30. The van der Waals surface area contributed by atoms with E-state index >= 15 is 0 Å². The molecule has 0 unspecified atom stereocenters. The lowest BCUT2D eigenvalue weighted by atomic mass is 10.1. The van der Waals surface area contributed by atoms with Crippen molar-refractivity contribution < 1.29 is 19.1 Å². The van der Waals surface area contributed by atoms with Crippen LogP contribution in [0.5, 0.6) is 11.5 Å². The summed E-state index contributed by atoms with van der Waals surface area (Å²) in [6, 6.07) is 23.6. The van der Waals surface area contributed by atoms with Gasteiger partial charge in [0.05, 0.1) is 7.11 Å². The molecule has 3 aromatic carbocycles. The lowest BCUT2D eigenvalue weighted by molar-refractivity contribution is -0.119. The molecule has 0 saturated carbocycles. The van der Waals surface area contributed by atoms with Crippen LogP contribution in [-0.4, -0.2) is 40.9 Å². The molecule has 9 nitrogen and oxygen atoms in total. The zero-order chi connectivity index (χ0) is 23.2. The van der Waals surface area contributed by atoms with Gasteiger partial charge in [0.25, 0.3) is 11.8 Å². The Balaban J connectivity index is 1.57. The molecule has 0 radical (unpaired) electrons. The van der Waals surface area contributed by atoms with Crippen molar-refractivity contribution in [1.82, 2.24) is 15.4 Å². The number of amides is 2. The number of hydrogen-bond donors (Lipinski definition) is 2. The number of methoxy groups -OCH3 is 1. The fourth-order valence-corrected chi connectivity index (χ4v) is 3.33. The Morgan fingerprint density at radius 3 is 2.12 bits per heavy atom. The van der Waals surface area contributed by atoms with Gasteiger partial charge in [-0.3, -0.25) is 14.5 Å². The largest absolute Gasteiger partial charge is 0.493 e. The first kappa shape index (κ1) is 21.6. The van der Waals surface area contributed by atoms with Crippen molar-refractivity contribution in [2.75, 3.05) is 18.6 Å². The molecule has 0 fully saturated rings. The summed E-state index contributed by atoms with van der Waals surface area (Å²) in [4.78, 5) is 26.3. The second-order valence-electron chi connectivity index (χ2n) is 6.94.